The monoisotopic (exact) mass is 226 g/mol. The lowest BCUT2D eigenvalue weighted by atomic mass is 9.92. The van der Waals surface area contributed by atoms with E-state index < -0.39 is 0 Å². The fraction of sp³-hybridized carbons (Fsp3) is 0.846. The zero-order chi connectivity index (χ0) is 12.2. The number of nitrogens with zero attached hydrogens (tertiary/aromatic N) is 2. The second-order valence-corrected chi connectivity index (χ2v) is 5.75. The normalized spacial score (nSPS) is 27.6. The Kier molecular flexibility index (Phi) is 4.96. The van der Waals surface area contributed by atoms with Gasteiger partial charge >= 0.3 is 0 Å². The molecule has 1 aliphatic rings. The number of aliphatic hydroxyl groups is 1. The first-order valence-electron chi connectivity index (χ1n) is 6.13. The average Bonchev–Trinajstić information content (AvgIpc) is 2.24. The van der Waals surface area contributed by atoms with Gasteiger partial charge in [0.1, 0.15) is 0 Å². The molecule has 0 aromatic carbocycles. The summed E-state index contributed by atoms with van der Waals surface area (Å²) in [4.78, 5) is 4.83. The summed E-state index contributed by atoms with van der Waals surface area (Å²) < 4.78 is 0. The highest BCUT2D eigenvalue weighted by molar-refractivity contribution is 4.89. The molecule has 0 saturated carbocycles. The lowest BCUT2D eigenvalue weighted by molar-refractivity contribution is 0.145. The van der Waals surface area contributed by atoms with Crippen molar-refractivity contribution >= 4 is 0 Å². The Morgan fingerprint density at radius 1 is 1.44 bits per heavy atom. The van der Waals surface area contributed by atoms with Gasteiger partial charge < -0.3 is 10.0 Å². The molecule has 3 heteroatoms. The van der Waals surface area contributed by atoms with Crippen LogP contribution in [-0.4, -0.2) is 60.8 Å². The number of hydrogen-bond acceptors (Lipinski definition) is 3. The molecule has 16 heavy (non-hydrogen) atoms. The lowest BCUT2D eigenvalue weighted by Gasteiger charge is -2.32. The van der Waals surface area contributed by atoms with E-state index in [0.29, 0.717) is 11.5 Å². The van der Waals surface area contributed by atoms with Gasteiger partial charge in [0.15, 0.2) is 0 Å². The van der Waals surface area contributed by atoms with Crippen LogP contribution in [0.1, 0.15) is 20.3 Å². The predicted octanol–water partition coefficient (Wildman–Crippen LogP) is 1.20. The van der Waals surface area contributed by atoms with Crippen LogP contribution in [0.4, 0.5) is 0 Å². The zero-order valence-electron chi connectivity index (χ0n) is 10.9. The molecule has 1 fully saturated rings. The molecule has 1 atom stereocenters. The van der Waals surface area contributed by atoms with Gasteiger partial charge in [-0.1, -0.05) is 19.9 Å². The fourth-order valence-corrected chi connectivity index (χ4v) is 2.80. The Labute approximate surface area is 99.7 Å². The van der Waals surface area contributed by atoms with Gasteiger partial charge in [-0.25, -0.2) is 0 Å². The molecular weight excluding hydrogens is 200 g/mol. The van der Waals surface area contributed by atoms with Gasteiger partial charge in [-0.2, -0.15) is 0 Å². The van der Waals surface area contributed by atoms with E-state index in [0.717, 1.165) is 32.6 Å². The van der Waals surface area contributed by atoms with Gasteiger partial charge in [0.05, 0.1) is 0 Å². The van der Waals surface area contributed by atoms with Crippen LogP contribution in [0.15, 0.2) is 12.7 Å². The van der Waals surface area contributed by atoms with Gasteiger partial charge in [0, 0.05) is 38.8 Å². The van der Waals surface area contributed by atoms with Crippen molar-refractivity contribution in [3.63, 3.8) is 0 Å². The van der Waals surface area contributed by atoms with Crippen molar-refractivity contribution in [3.05, 3.63) is 12.7 Å². The Hall–Kier alpha value is -0.380. The van der Waals surface area contributed by atoms with Crippen LogP contribution in [0.5, 0.6) is 0 Å². The second-order valence-electron chi connectivity index (χ2n) is 5.75. The molecule has 0 spiro atoms. The molecule has 1 saturated heterocycles. The van der Waals surface area contributed by atoms with E-state index in [1.54, 1.807) is 0 Å². The molecule has 0 amide bonds. The van der Waals surface area contributed by atoms with Crippen molar-refractivity contribution < 1.29 is 5.11 Å². The minimum Gasteiger partial charge on any atom is -0.396 e. The molecule has 0 aromatic heterocycles. The molecule has 0 radical (unpaired) electrons. The molecule has 1 aliphatic heterocycles. The first-order chi connectivity index (χ1) is 7.48. The van der Waals surface area contributed by atoms with E-state index in [1.165, 1.54) is 0 Å². The highest BCUT2D eigenvalue weighted by Crippen LogP contribution is 2.24. The Balaban J connectivity index is 2.76. The van der Waals surface area contributed by atoms with Gasteiger partial charge in [-0.3, -0.25) is 4.90 Å². The maximum atomic E-state index is 9.14. The van der Waals surface area contributed by atoms with E-state index in [1.807, 2.05) is 6.08 Å². The molecule has 0 bridgehead atoms. The summed E-state index contributed by atoms with van der Waals surface area (Å²) in [5, 5.41) is 9.14. The fourth-order valence-electron chi connectivity index (χ4n) is 2.80. The second kappa shape index (κ2) is 5.80. The van der Waals surface area contributed by atoms with Crippen molar-refractivity contribution in [2.45, 2.75) is 26.3 Å². The van der Waals surface area contributed by atoms with Crippen LogP contribution >= 0.6 is 0 Å². The summed E-state index contributed by atoms with van der Waals surface area (Å²) in [6, 6.07) is 0.453. The minimum absolute atomic E-state index is 0.270. The first kappa shape index (κ1) is 13.7. The summed E-state index contributed by atoms with van der Waals surface area (Å²) in [6.07, 6.45) is 2.82. The highest BCUT2D eigenvalue weighted by Gasteiger charge is 2.31. The quantitative estimate of drug-likeness (QED) is 0.730. The van der Waals surface area contributed by atoms with Crippen LogP contribution in [0.25, 0.3) is 0 Å². The summed E-state index contributed by atoms with van der Waals surface area (Å²) >= 11 is 0. The van der Waals surface area contributed by atoms with E-state index in [-0.39, 0.29) is 6.61 Å². The summed E-state index contributed by atoms with van der Waals surface area (Å²) in [5.41, 5.74) is 0.308. The molecule has 0 aliphatic carbocycles. The van der Waals surface area contributed by atoms with E-state index in [9.17, 15) is 0 Å². The number of hydrogen-bond donors (Lipinski definition) is 1. The number of likely N-dealkylation sites (N-methyl/N-ethyl adjacent to an activating group) is 1. The Morgan fingerprint density at radius 3 is 2.69 bits per heavy atom. The standard InChI is InChI=1S/C13H26N2O/c1-5-7-15-11-13(2,3)10-14(4)9-12(15)6-8-16/h5,12,16H,1,6-11H2,2-4H3. The van der Waals surface area contributed by atoms with Crippen molar-refractivity contribution in [1.29, 1.82) is 0 Å². The van der Waals surface area contributed by atoms with E-state index >= 15 is 0 Å². The van der Waals surface area contributed by atoms with Gasteiger partial charge in [-0.05, 0) is 18.9 Å². The van der Waals surface area contributed by atoms with Crippen LogP contribution in [0.3, 0.4) is 0 Å². The van der Waals surface area contributed by atoms with Crippen LogP contribution in [0, 0.1) is 5.41 Å². The van der Waals surface area contributed by atoms with Crippen LogP contribution in [-0.2, 0) is 0 Å². The van der Waals surface area contributed by atoms with Crippen molar-refractivity contribution in [3.8, 4) is 0 Å². The topological polar surface area (TPSA) is 26.7 Å². The van der Waals surface area contributed by atoms with E-state index in [2.05, 4.69) is 37.3 Å². The predicted molar refractivity (Wildman–Crippen MR) is 68.5 cm³/mol. The maximum Gasteiger partial charge on any atom is 0.0446 e. The van der Waals surface area contributed by atoms with Crippen LogP contribution in [0.2, 0.25) is 0 Å². The molecule has 3 nitrogen and oxygen atoms in total. The molecule has 1 heterocycles. The third-order valence-electron chi connectivity index (χ3n) is 3.19. The van der Waals surface area contributed by atoms with Gasteiger partial charge in [-0.15, -0.1) is 6.58 Å². The lowest BCUT2D eigenvalue weighted by Crippen LogP contribution is -2.42. The average molecular weight is 226 g/mol. The SMILES string of the molecule is C=CCN1CC(C)(C)CN(C)CC1CCO. The van der Waals surface area contributed by atoms with Gasteiger partial charge in [0.2, 0.25) is 0 Å². The Bertz CT molecular complexity index is 228. The largest absolute Gasteiger partial charge is 0.396 e. The third-order valence-corrected chi connectivity index (χ3v) is 3.19. The molecule has 0 aromatic rings. The molecule has 94 valence electrons. The van der Waals surface area contributed by atoms with Crippen molar-refractivity contribution in [2.75, 3.05) is 39.8 Å². The number of aliphatic hydroxyl groups excluding tert-OH is 1. The van der Waals surface area contributed by atoms with Crippen molar-refractivity contribution in [2.24, 2.45) is 5.41 Å². The van der Waals surface area contributed by atoms with Gasteiger partial charge in [0.25, 0.3) is 0 Å². The summed E-state index contributed by atoms with van der Waals surface area (Å²) in [7, 11) is 2.17. The zero-order valence-corrected chi connectivity index (χ0v) is 10.9. The number of rotatable bonds is 4. The molecular formula is C13H26N2O. The smallest absolute Gasteiger partial charge is 0.0446 e. The third kappa shape index (κ3) is 3.89. The Morgan fingerprint density at radius 2 is 2.12 bits per heavy atom. The molecule has 1 N–H and O–H groups in total. The molecule has 1 rings (SSSR count). The van der Waals surface area contributed by atoms with Crippen LogP contribution < -0.4 is 0 Å². The highest BCUT2D eigenvalue weighted by atomic mass is 16.3. The summed E-state index contributed by atoms with van der Waals surface area (Å²) in [6.45, 7) is 12.9. The van der Waals surface area contributed by atoms with Crippen molar-refractivity contribution in [1.82, 2.24) is 9.80 Å². The summed E-state index contributed by atoms with van der Waals surface area (Å²) in [5.74, 6) is 0. The first-order valence-corrected chi connectivity index (χ1v) is 6.13. The molecule has 1 unspecified atom stereocenters. The maximum absolute atomic E-state index is 9.14. The minimum atomic E-state index is 0.270. The van der Waals surface area contributed by atoms with E-state index in [4.69, 9.17) is 5.11 Å².